The van der Waals surface area contributed by atoms with Crippen molar-refractivity contribution in [1.82, 2.24) is 0 Å². The SMILES string of the molecule is CC(=O)Nc1ccc(C(F)CCN)cc1. The van der Waals surface area contributed by atoms with Gasteiger partial charge in [0.15, 0.2) is 0 Å². The molecule has 0 radical (unpaired) electrons. The number of hydrogen-bond acceptors (Lipinski definition) is 2. The lowest BCUT2D eigenvalue weighted by Gasteiger charge is -2.08. The summed E-state index contributed by atoms with van der Waals surface area (Å²) in [5, 5.41) is 2.62. The number of amides is 1. The predicted molar refractivity (Wildman–Crippen MR) is 58.3 cm³/mol. The topological polar surface area (TPSA) is 55.1 Å². The van der Waals surface area contributed by atoms with Gasteiger partial charge in [-0.25, -0.2) is 4.39 Å². The van der Waals surface area contributed by atoms with E-state index in [2.05, 4.69) is 5.32 Å². The summed E-state index contributed by atoms with van der Waals surface area (Å²) < 4.78 is 13.4. The number of anilines is 1. The Labute approximate surface area is 88.5 Å². The van der Waals surface area contributed by atoms with E-state index in [0.717, 1.165) is 0 Å². The third-order valence-electron chi connectivity index (χ3n) is 2.01. The van der Waals surface area contributed by atoms with Gasteiger partial charge in [0.05, 0.1) is 0 Å². The summed E-state index contributed by atoms with van der Waals surface area (Å²) in [6.45, 7) is 1.76. The molecule has 4 heteroatoms. The second-order valence-electron chi connectivity index (χ2n) is 3.35. The van der Waals surface area contributed by atoms with E-state index in [1.54, 1.807) is 24.3 Å². The molecule has 0 aliphatic heterocycles. The van der Waals surface area contributed by atoms with E-state index in [1.165, 1.54) is 6.92 Å². The molecule has 1 aromatic carbocycles. The van der Waals surface area contributed by atoms with Crippen LogP contribution in [0.25, 0.3) is 0 Å². The zero-order valence-electron chi connectivity index (χ0n) is 8.66. The summed E-state index contributed by atoms with van der Waals surface area (Å²) in [6.07, 6.45) is -0.708. The van der Waals surface area contributed by atoms with Crippen molar-refractivity contribution in [3.05, 3.63) is 29.8 Å². The fraction of sp³-hybridized carbons (Fsp3) is 0.364. The quantitative estimate of drug-likeness (QED) is 0.798. The molecule has 0 spiro atoms. The van der Waals surface area contributed by atoms with Crippen LogP contribution in [-0.4, -0.2) is 12.5 Å². The largest absolute Gasteiger partial charge is 0.330 e. The van der Waals surface area contributed by atoms with Crippen molar-refractivity contribution in [2.75, 3.05) is 11.9 Å². The number of carbonyl (C=O) groups is 1. The number of carbonyl (C=O) groups excluding carboxylic acids is 1. The van der Waals surface area contributed by atoms with Gasteiger partial charge < -0.3 is 11.1 Å². The van der Waals surface area contributed by atoms with Gasteiger partial charge in [-0.1, -0.05) is 12.1 Å². The number of hydrogen-bond donors (Lipinski definition) is 2. The number of halogens is 1. The normalized spacial score (nSPS) is 12.2. The molecule has 0 aromatic heterocycles. The molecule has 0 fully saturated rings. The Morgan fingerprint density at radius 2 is 2.07 bits per heavy atom. The van der Waals surface area contributed by atoms with Gasteiger partial charge in [-0.2, -0.15) is 0 Å². The first kappa shape index (κ1) is 11.7. The number of nitrogens with one attached hydrogen (secondary N) is 1. The molecule has 1 atom stereocenters. The highest BCUT2D eigenvalue weighted by Gasteiger charge is 2.07. The first-order valence-electron chi connectivity index (χ1n) is 4.85. The van der Waals surface area contributed by atoms with Crippen LogP contribution in [0.2, 0.25) is 0 Å². The summed E-state index contributed by atoms with van der Waals surface area (Å²) in [7, 11) is 0. The Bertz CT molecular complexity index is 324. The van der Waals surface area contributed by atoms with Gasteiger partial charge in [-0.3, -0.25) is 4.79 Å². The Kier molecular flexibility index (Phi) is 4.24. The molecule has 0 heterocycles. The molecule has 0 saturated carbocycles. The maximum atomic E-state index is 13.4. The van der Waals surface area contributed by atoms with Crippen molar-refractivity contribution in [2.24, 2.45) is 5.73 Å². The number of nitrogens with two attached hydrogens (primary N) is 1. The highest BCUT2D eigenvalue weighted by atomic mass is 19.1. The molecule has 1 rings (SSSR count). The molecular formula is C11H15FN2O. The van der Waals surface area contributed by atoms with Gasteiger partial charge in [0, 0.05) is 12.6 Å². The number of benzene rings is 1. The lowest BCUT2D eigenvalue weighted by atomic mass is 10.1. The van der Waals surface area contributed by atoms with Crippen LogP contribution < -0.4 is 11.1 Å². The maximum Gasteiger partial charge on any atom is 0.221 e. The summed E-state index contributed by atoms with van der Waals surface area (Å²) >= 11 is 0. The fourth-order valence-corrected chi connectivity index (χ4v) is 1.29. The molecule has 0 aliphatic carbocycles. The van der Waals surface area contributed by atoms with Gasteiger partial charge in [0.2, 0.25) is 5.91 Å². The first-order chi connectivity index (χ1) is 7.13. The van der Waals surface area contributed by atoms with Gasteiger partial charge >= 0.3 is 0 Å². The van der Waals surface area contributed by atoms with E-state index < -0.39 is 6.17 Å². The molecule has 3 N–H and O–H groups in total. The summed E-state index contributed by atoms with van der Waals surface area (Å²) in [5.41, 5.74) is 6.53. The van der Waals surface area contributed by atoms with Crippen LogP contribution in [-0.2, 0) is 4.79 Å². The second-order valence-corrected chi connectivity index (χ2v) is 3.35. The molecule has 15 heavy (non-hydrogen) atoms. The van der Waals surface area contributed by atoms with Gasteiger partial charge in [-0.05, 0) is 30.7 Å². The average molecular weight is 210 g/mol. The minimum absolute atomic E-state index is 0.137. The molecule has 0 saturated heterocycles. The average Bonchev–Trinajstić information content (AvgIpc) is 2.18. The van der Waals surface area contributed by atoms with Crippen molar-refractivity contribution in [3.63, 3.8) is 0 Å². The van der Waals surface area contributed by atoms with E-state index in [4.69, 9.17) is 5.73 Å². The summed E-state index contributed by atoms with van der Waals surface area (Å²) in [5.74, 6) is -0.137. The minimum Gasteiger partial charge on any atom is -0.330 e. The van der Waals surface area contributed by atoms with E-state index in [1.807, 2.05) is 0 Å². The predicted octanol–water partition coefficient (Wildman–Crippen LogP) is 2.00. The van der Waals surface area contributed by atoms with E-state index >= 15 is 0 Å². The lowest BCUT2D eigenvalue weighted by molar-refractivity contribution is -0.114. The molecular weight excluding hydrogens is 195 g/mol. The Morgan fingerprint density at radius 3 is 2.53 bits per heavy atom. The highest BCUT2D eigenvalue weighted by molar-refractivity contribution is 5.88. The van der Waals surface area contributed by atoms with E-state index in [9.17, 15) is 9.18 Å². The Morgan fingerprint density at radius 1 is 1.47 bits per heavy atom. The molecule has 1 amide bonds. The smallest absolute Gasteiger partial charge is 0.221 e. The maximum absolute atomic E-state index is 13.4. The van der Waals surface area contributed by atoms with Crippen LogP contribution in [0, 0.1) is 0 Å². The third-order valence-corrected chi connectivity index (χ3v) is 2.01. The lowest BCUT2D eigenvalue weighted by Crippen LogP contribution is -2.06. The highest BCUT2D eigenvalue weighted by Crippen LogP contribution is 2.21. The minimum atomic E-state index is -1.03. The van der Waals surface area contributed by atoms with Crippen LogP contribution in [0.3, 0.4) is 0 Å². The third kappa shape index (κ3) is 3.67. The van der Waals surface area contributed by atoms with Gasteiger partial charge in [0.25, 0.3) is 0 Å². The summed E-state index contributed by atoms with van der Waals surface area (Å²) in [6, 6.07) is 6.68. The van der Waals surface area contributed by atoms with Crippen molar-refractivity contribution < 1.29 is 9.18 Å². The van der Waals surface area contributed by atoms with Crippen molar-refractivity contribution in [1.29, 1.82) is 0 Å². The van der Waals surface area contributed by atoms with Crippen molar-refractivity contribution >= 4 is 11.6 Å². The van der Waals surface area contributed by atoms with E-state index in [0.29, 0.717) is 24.2 Å². The second kappa shape index (κ2) is 5.46. The number of rotatable bonds is 4. The Hall–Kier alpha value is -1.42. The molecule has 1 unspecified atom stereocenters. The fourth-order valence-electron chi connectivity index (χ4n) is 1.29. The molecule has 82 valence electrons. The Balaban J connectivity index is 2.67. The van der Waals surface area contributed by atoms with Gasteiger partial charge in [0.1, 0.15) is 6.17 Å². The zero-order chi connectivity index (χ0) is 11.3. The zero-order valence-corrected chi connectivity index (χ0v) is 8.66. The van der Waals surface area contributed by atoms with Gasteiger partial charge in [-0.15, -0.1) is 0 Å². The first-order valence-corrected chi connectivity index (χ1v) is 4.85. The monoisotopic (exact) mass is 210 g/mol. The summed E-state index contributed by atoms with van der Waals surface area (Å²) in [4.78, 5) is 10.7. The molecule has 0 bridgehead atoms. The standard InChI is InChI=1S/C11H15FN2O/c1-8(15)14-10-4-2-9(3-5-10)11(12)6-7-13/h2-5,11H,6-7,13H2,1H3,(H,14,15). The van der Waals surface area contributed by atoms with Crippen molar-refractivity contribution in [3.8, 4) is 0 Å². The number of alkyl halides is 1. The molecule has 3 nitrogen and oxygen atoms in total. The van der Waals surface area contributed by atoms with Crippen LogP contribution in [0.1, 0.15) is 25.1 Å². The van der Waals surface area contributed by atoms with Crippen LogP contribution in [0.4, 0.5) is 10.1 Å². The van der Waals surface area contributed by atoms with Crippen LogP contribution in [0.15, 0.2) is 24.3 Å². The van der Waals surface area contributed by atoms with Crippen LogP contribution >= 0.6 is 0 Å². The van der Waals surface area contributed by atoms with Crippen LogP contribution in [0.5, 0.6) is 0 Å². The molecule has 1 aromatic rings. The molecule has 0 aliphatic rings. The van der Waals surface area contributed by atoms with E-state index in [-0.39, 0.29) is 5.91 Å². The van der Waals surface area contributed by atoms with Crippen molar-refractivity contribution in [2.45, 2.75) is 19.5 Å².